The Bertz CT molecular complexity index is 1640. The summed E-state index contributed by atoms with van der Waals surface area (Å²) in [5.74, 6) is 0.721. The predicted molar refractivity (Wildman–Crippen MR) is 144 cm³/mol. The molecule has 2 aliphatic rings. The van der Waals surface area contributed by atoms with Crippen molar-refractivity contribution in [3.63, 3.8) is 0 Å². The highest BCUT2D eigenvalue weighted by atomic mass is 19.4. The van der Waals surface area contributed by atoms with Crippen molar-refractivity contribution in [1.29, 1.82) is 0 Å². The van der Waals surface area contributed by atoms with Crippen LogP contribution in [-0.2, 0) is 24.5 Å². The SMILES string of the molecule is CO[C@@H]1CCCN(Cc2cc(C(F)(F)F)c3cn(-c4cccc(C(=C5CCC5)c5nncn5C)c4)c(=O)n3c2)C1. The fraction of sp³-hybridized carbons (Fsp3) is 0.414. The van der Waals surface area contributed by atoms with Crippen LogP contribution in [0.25, 0.3) is 16.8 Å². The molecule has 1 aromatic carbocycles. The summed E-state index contributed by atoms with van der Waals surface area (Å²) in [6, 6.07) is 8.48. The Kier molecular flexibility index (Phi) is 6.87. The number of hydrogen-bond donors (Lipinski definition) is 0. The first kappa shape index (κ1) is 26.5. The smallest absolute Gasteiger partial charge is 0.380 e. The van der Waals surface area contributed by atoms with E-state index in [2.05, 4.69) is 15.1 Å². The standard InChI is InChI=1S/C29H31F3N6O2/c1-35-18-33-34-27(35)26(20-6-3-7-20)21-8-4-9-22(13-21)37-17-25-24(29(30,31)32)12-19(15-38(25)28(37)39)14-36-11-5-10-23(16-36)40-2/h4,8-9,12-13,15,17-18,23H,3,5-7,10-11,14,16H2,1-2H3/t23-/m1/s1. The van der Waals surface area contributed by atoms with Crippen LogP contribution in [0.5, 0.6) is 0 Å². The second-order valence-electron chi connectivity index (χ2n) is 10.7. The van der Waals surface area contributed by atoms with E-state index < -0.39 is 17.4 Å². The molecule has 0 bridgehead atoms. The van der Waals surface area contributed by atoms with E-state index >= 15 is 0 Å². The molecule has 0 radical (unpaired) electrons. The molecule has 8 nitrogen and oxygen atoms in total. The number of allylic oxidation sites excluding steroid dienone is 1. The summed E-state index contributed by atoms with van der Waals surface area (Å²) >= 11 is 0. The van der Waals surface area contributed by atoms with E-state index in [1.807, 2.05) is 29.8 Å². The molecule has 40 heavy (non-hydrogen) atoms. The van der Waals surface area contributed by atoms with Crippen LogP contribution in [0.1, 0.15) is 54.6 Å². The monoisotopic (exact) mass is 552 g/mol. The molecule has 1 saturated heterocycles. The highest BCUT2D eigenvalue weighted by Gasteiger charge is 2.35. The number of benzene rings is 1. The van der Waals surface area contributed by atoms with Gasteiger partial charge in [-0.05, 0) is 68.0 Å². The van der Waals surface area contributed by atoms with Gasteiger partial charge >= 0.3 is 11.9 Å². The lowest BCUT2D eigenvalue weighted by Crippen LogP contribution is -2.38. The number of methoxy groups -OCH3 is 1. The molecule has 0 spiro atoms. The summed E-state index contributed by atoms with van der Waals surface area (Å²) < 4.78 is 52.5. The van der Waals surface area contributed by atoms with Crippen molar-refractivity contribution in [2.24, 2.45) is 7.05 Å². The minimum Gasteiger partial charge on any atom is -0.380 e. The van der Waals surface area contributed by atoms with Gasteiger partial charge < -0.3 is 9.30 Å². The molecule has 1 aliphatic carbocycles. The Labute approximate surface area is 229 Å². The molecule has 2 fully saturated rings. The summed E-state index contributed by atoms with van der Waals surface area (Å²) in [7, 11) is 3.52. The Morgan fingerprint density at radius 1 is 1.15 bits per heavy atom. The minimum atomic E-state index is -4.62. The number of piperidine rings is 1. The molecule has 4 aromatic rings. The molecule has 0 amide bonds. The van der Waals surface area contributed by atoms with E-state index in [1.165, 1.54) is 28.6 Å². The fourth-order valence-electron chi connectivity index (χ4n) is 5.77. The maximum absolute atomic E-state index is 14.3. The predicted octanol–water partition coefficient (Wildman–Crippen LogP) is 4.83. The van der Waals surface area contributed by atoms with Crippen LogP contribution in [0, 0.1) is 0 Å². The first-order chi connectivity index (χ1) is 19.2. The van der Waals surface area contributed by atoms with Gasteiger partial charge in [-0.1, -0.05) is 17.7 Å². The van der Waals surface area contributed by atoms with E-state index in [-0.39, 0.29) is 11.6 Å². The van der Waals surface area contributed by atoms with Gasteiger partial charge in [-0.2, -0.15) is 13.2 Å². The molecule has 6 rings (SSSR count). The van der Waals surface area contributed by atoms with Crippen LogP contribution in [-0.4, -0.2) is 54.9 Å². The number of pyridine rings is 1. The van der Waals surface area contributed by atoms with Gasteiger partial charge in [-0.3, -0.25) is 13.9 Å². The Morgan fingerprint density at radius 2 is 1.98 bits per heavy atom. The normalized spacial score (nSPS) is 18.3. The lowest BCUT2D eigenvalue weighted by Gasteiger charge is -2.32. The van der Waals surface area contributed by atoms with E-state index in [0.717, 1.165) is 60.0 Å². The summed E-state index contributed by atoms with van der Waals surface area (Å²) in [6.07, 6.45) is 4.71. The van der Waals surface area contributed by atoms with Crippen molar-refractivity contribution in [3.8, 4) is 5.69 Å². The number of rotatable bonds is 6. The van der Waals surface area contributed by atoms with Gasteiger partial charge in [-0.15, -0.1) is 10.2 Å². The number of aromatic nitrogens is 5. The van der Waals surface area contributed by atoms with Crippen molar-refractivity contribution in [2.75, 3.05) is 20.2 Å². The number of ether oxygens (including phenoxy) is 1. The largest absolute Gasteiger partial charge is 0.418 e. The van der Waals surface area contributed by atoms with Crippen LogP contribution < -0.4 is 5.69 Å². The topological polar surface area (TPSA) is 69.6 Å². The summed E-state index contributed by atoms with van der Waals surface area (Å²) in [4.78, 5) is 15.7. The third-order valence-corrected chi connectivity index (χ3v) is 7.99. The molecule has 11 heteroatoms. The van der Waals surface area contributed by atoms with Crippen molar-refractivity contribution in [2.45, 2.75) is 50.9 Å². The molecule has 3 aromatic heterocycles. The lowest BCUT2D eigenvalue weighted by molar-refractivity contribution is -0.136. The van der Waals surface area contributed by atoms with Gasteiger partial charge in [0.2, 0.25) is 0 Å². The van der Waals surface area contributed by atoms with Gasteiger partial charge in [0.25, 0.3) is 0 Å². The molecule has 4 heterocycles. The third-order valence-electron chi connectivity index (χ3n) is 7.99. The molecule has 0 N–H and O–H groups in total. The van der Waals surface area contributed by atoms with E-state index in [1.54, 1.807) is 19.5 Å². The van der Waals surface area contributed by atoms with Gasteiger partial charge in [-0.25, -0.2) is 4.79 Å². The van der Waals surface area contributed by atoms with Crippen molar-refractivity contribution in [3.05, 3.63) is 87.6 Å². The Morgan fingerprint density at radius 3 is 2.65 bits per heavy atom. The second kappa shape index (κ2) is 10.4. The number of imidazole rings is 1. The maximum Gasteiger partial charge on any atom is 0.418 e. The number of aryl methyl sites for hydroxylation is 1. The highest BCUT2D eigenvalue weighted by Crippen LogP contribution is 2.37. The van der Waals surface area contributed by atoms with Crippen molar-refractivity contribution in [1.82, 2.24) is 28.6 Å². The molecule has 1 atom stereocenters. The van der Waals surface area contributed by atoms with E-state index in [9.17, 15) is 18.0 Å². The zero-order valence-electron chi connectivity index (χ0n) is 22.5. The number of likely N-dealkylation sites (tertiary alicyclic amines) is 1. The van der Waals surface area contributed by atoms with E-state index in [4.69, 9.17) is 4.74 Å². The van der Waals surface area contributed by atoms with Crippen LogP contribution in [0.15, 0.2) is 59.4 Å². The van der Waals surface area contributed by atoms with Crippen LogP contribution in [0.4, 0.5) is 13.2 Å². The molecular formula is C29H31F3N6O2. The number of nitrogens with zero attached hydrogens (tertiary/aromatic N) is 6. The van der Waals surface area contributed by atoms with Gasteiger partial charge in [0.15, 0.2) is 5.82 Å². The summed E-state index contributed by atoms with van der Waals surface area (Å²) in [5, 5.41) is 8.33. The number of halogens is 3. The van der Waals surface area contributed by atoms with Crippen LogP contribution >= 0.6 is 0 Å². The summed E-state index contributed by atoms with van der Waals surface area (Å²) in [6.45, 7) is 1.72. The average molecular weight is 553 g/mol. The minimum absolute atomic E-state index is 0.0528. The van der Waals surface area contributed by atoms with Gasteiger partial charge in [0.1, 0.15) is 6.33 Å². The van der Waals surface area contributed by atoms with Gasteiger partial charge in [0, 0.05) is 45.2 Å². The molecule has 0 unspecified atom stereocenters. The second-order valence-corrected chi connectivity index (χ2v) is 10.7. The number of fused-ring (bicyclic) bond motifs is 1. The van der Waals surface area contributed by atoms with Crippen LogP contribution in [0.3, 0.4) is 0 Å². The molecular weight excluding hydrogens is 521 g/mol. The lowest BCUT2D eigenvalue weighted by atomic mass is 9.84. The fourth-order valence-corrected chi connectivity index (χ4v) is 5.77. The Balaban J connectivity index is 1.43. The summed E-state index contributed by atoms with van der Waals surface area (Å²) in [5.41, 5.74) is 2.42. The van der Waals surface area contributed by atoms with Crippen molar-refractivity contribution >= 4 is 11.1 Å². The van der Waals surface area contributed by atoms with Crippen molar-refractivity contribution < 1.29 is 17.9 Å². The molecule has 210 valence electrons. The van der Waals surface area contributed by atoms with Crippen LogP contribution in [0.2, 0.25) is 0 Å². The first-order valence-corrected chi connectivity index (χ1v) is 13.5. The first-order valence-electron chi connectivity index (χ1n) is 13.5. The maximum atomic E-state index is 14.3. The average Bonchev–Trinajstić information content (AvgIpc) is 3.48. The van der Waals surface area contributed by atoms with E-state index in [0.29, 0.717) is 24.3 Å². The number of alkyl halides is 3. The zero-order chi connectivity index (χ0) is 28.0. The zero-order valence-corrected chi connectivity index (χ0v) is 22.5. The van der Waals surface area contributed by atoms with Gasteiger partial charge in [0.05, 0.1) is 22.9 Å². The third kappa shape index (κ3) is 4.88. The Hall–Kier alpha value is -3.70. The highest BCUT2D eigenvalue weighted by molar-refractivity contribution is 5.80. The quantitative estimate of drug-likeness (QED) is 0.343. The molecule has 1 saturated carbocycles. The molecule has 1 aliphatic heterocycles. The number of hydrogen-bond acceptors (Lipinski definition) is 5.